The number of aliphatic carboxylic acids is 3. The molecule has 1 fully saturated rings. The number of nitrogens with one attached hydrogen (secondary N) is 1. The Balaban J connectivity index is 1.11. The van der Waals surface area contributed by atoms with Crippen LogP contribution in [0.1, 0.15) is 77.5 Å². The first-order valence-electron chi connectivity index (χ1n) is 28.5. The van der Waals surface area contributed by atoms with Crippen LogP contribution < -0.4 is 5.32 Å². The number of hydrogen-bond acceptors (Lipinski definition) is 16. The second-order valence-electron chi connectivity index (χ2n) is 21.6. The zero-order valence-electron chi connectivity index (χ0n) is 48.7. The summed E-state index contributed by atoms with van der Waals surface area (Å²) in [4.78, 5) is 126. The van der Waals surface area contributed by atoms with Crippen LogP contribution >= 0.6 is 0 Å². The molecule has 6 aliphatic heterocycles. The van der Waals surface area contributed by atoms with Crippen molar-refractivity contribution in [2.24, 2.45) is 20.0 Å². The Hall–Kier alpha value is -10.9. The Kier molecular flexibility index (Phi) is 18.6. The molecule has 1 atom stereocenters. The van der Waals surface area contributed by atoms with Gasteiger partial charge in [0.2, 0.25) is 5.91 Å². The number of amides is 2. The average molecular weight is 1220 g/mol. The molecule has 0 aliphatic carbocycles. The maximum Gasteiger partial charge on any atom is 0.335 e. The van der Waals surface area contributed by atoms with Gasteiger partial charge in [-0.05, 0) is 126 Å². The summed E-state index contributed by atoms with van der Waals surface area (Å²) in [6.45, 7) is 2.47. The van der Waals surface area contributed by atoms with Crippen molar-refractivity contribution in [3.05, 3.63) is 213 Å². The molecule has 6 heterocycles. The Morgan fingerprint density at radius 1 is 0.400 bits per heavy atom. The zero-order valence-corrected chi connectivity index (χ0v) is 48.7. The van der Waals surface area contributed by atoms with E-state index in [9.17, 15) is 64.2 Å². The second kappa shape index (κ2) is 27.0. The molecule has 1 unspecified atom stereocenters. The van der Waals surface area contributed by atoms with Gasteiger partial charge in [0, 0.05) is 87.1 Å². The molecule has 0 aromatic heterocycles. The molecule has 7 N–H and O–H groups in total. The number of hydrazine groups is 1. The van der Waals surface area contributed by atoms with E-state index in [2.05, 4.69) is 5.32 Å². The monoisotopic (exact) mass is 1220 g/mol. The molecule has 0 spiro atoms. The van der Waals surface area contributed by atoms with Crippen LogP contribution in [0, 0.1) is 0 Å². The number of aromatic carboxylic acids is 3. The van der Waals surface area contributed by atoms with Gasteiger partial charge < -0.3 is 36.0 Å². The van der Waals surface area contributed by atoms with Crippen LogP contribution in [0.4, 0.5) is 0 Å². The maximum atomic E-state index is 15.3. The molecule has 10 rings (SSSR count). The molecule has 2 amide bonds. The lowest BCUT2D eigenvalue weighted by atomic mass is 9.97. The summed E-state index contributed by atoms with van der Waals surface area (Å²) in [5.74, 6) is -7.77. The number of hydrogen-bond donors (Lipinski definition) is 7. The van der Waals surface area contributed by atoms with Gasteiger partial charge in [0.15, 0.2) is 0 Å². The third kappa shape index (κ3) is 14.2. The smallest absolute Gasteiger partial charge is 0.335 e. The third-order valence-corrected chi connectivity index (χ3v) is 15.5. The third-order valence-electron chi connectivity index (χ3n) is 15.5. The Labute approximate surface area is 514 Å². The van der Waals surface area contributed by atoms with E-state index in [1.54, 1.807) is 136 Å². The lowest BCUT2D eigenvalue weighted by Gasteiger charge is -2.41. The van der Waals surface area contributed by atoms with Crippen LogP contribution in [-0.2, 0) is 19.2 Å². The maximum absolute atomic E-state index is 15.3. The number of fused-ring (bicyclic) bond motifs is 4. The van der Waals surface area contributed by atoms with E-state index < -0.39 is 66.9 Å². The fourth-order valence-electron chi connectivity index (χ4n) is 11.2. The fraction of sp³-hybridized carbons (Fsp3) is 0.212. The summed E-state index contributed by atoms with van der Waals surface area (Å²) in [7, 11) is 0. The predicted octanol–water partition coefficient (Wildman–Crippen LogP) is 6.10. The molecular weight excluding hydrogens is 1160 g/mol. The number of nitrogens with zero attached hydrogens (tertiary/aromatic N) is 9. The summed E-state index contributed by atoms with van der Waals surface area (Å²) in [5, 5.41) is 65.0. The van der Waals surface area contributed by atoms with Gasteiger partial charge >= 0.3 is 35.8 Å². The normalized spacial score (nSPS) is 17.8. The van der Waals surface area contributed by atoms with Crippen molar-refractivity contribution in [2.45, 2.75) is 20.0 Å². The van der Waals surface area contributed by atoms with E-state index in [1.165, 1.54) is 48.3 Å². The van der Waals surface area contributed by atoms with Gasteiger partial charge in [0.25, 0.3) is 5.91 Å². The molecule has 90 heavy (non-hydrogen) atoms. The topological polar surface area (TPSA) is 336 Å². The van der Waals surface area contributed by atoms with Crippen molar-refractivity contribution in [2.75, 3.05) is 72.0 Å². The van der Waals surface area contributed by atoms with E-state index in [0.717, 1.165) is 0 Å². The van der Waals surface area contributed by atoms with Crippen molar-refractivity contribution >= 4 is 92.8 Å². The molecule has 4 aromatic carbocycles. The highest BCUT2D eigenvalue weighted by molar-refractivity contribution is 6.39. The number of allylic oxidation sites excluding steroid dienone is 12. The lowest BCUT2D eigenvalue weighted by Crippen LogP contribution is -2.60. The number of rotatable bonds is 17. The molecular formula is C66H60N10O14. The lowest BCUT2D eigenvalue weighted by molar-refractivity contribution is -0.141. The number of benzene rings is 4. The summed E-state index contributed by atoms with van der Waals surface area (Å²) < 4.78 is 0. The van der Waals surface area contributed by atoms with Crippen LogP contribution in [0.3, 0.4) is 0 Å². The van der Waals surface area contributed by atoms with Crippen molar-refractivity contribution in [1.82, 2.24) is 30.0 Å². The quantitative estimate of drug-likeness (QED) is 0.0587. The molecule has 458 valence electrons. The number of carbonyl (C=O) groups excluding carboxylic acids is 2. The van der Waals surface area contributed by atoms with E-state index in [0.29, 0.717) is 90.2 Å². The standard InChI is InChI=1S/C66H60N10O14/c1-38(67-39(2)77)76(75-33-31-73(36-57(80)81)29-27-72(35-56(78)79)28-30-74(32-34-75)37-58(82)83)63(84)44-11-3-40(4-12-44)59-48-19-21-50(68-48)60(41-5-13-45(14-6-41)64(85)86)52-23-25-54(70-52)62(43-9-17-47(18-10-43)66(89)90)55-26-24-53(71-55)61(51-22-20-49(59)69-51)42-7-15-46(16-8-42)65(87)88/h3-26,38H,27-37H2,1-2H3,(H,67,77)(H,78,79)(H,80,81)(H,82,83)(H,85,86)(H,87,88)(H,89,90). The van der Waals surface area contributed by atoms with Crippen molar-refractivity contribution in [1.29, 1.82) is 0 Å². The van der Waals surface area contributed by atoms with Gasteiger partial charge in [-0.25, -0.2) is 44.4 Å². The number of carbonyl (C=O) groups is 8. The largest absolute Gasteiger partial charge is 0.480 e. The fourth-order valence-corrected chi connectivity index (χ4v) is 11.2. The van der Waals surface area contributed by atoms with Crippen LogP contribution in [0.5, 0.6) is 0 Å². The summed E-state index contributed by atoms with van der Waals surface area (Å²) >= 11 is 0. The first-order valence-corrected chi connectivity index (χ1v) is 28.5. The van der Waals surface area contributed by atoms with Crippen molar-refractivity contribution in [3.8, 4) is 0 Å². The first-order chi connectivity index (χ1) is 43.2. The summed E-state index contributed by atoms with van der Waals surface area (Å²) in [6.07, 6.45) is 13.4. The second-order valence-corrected chi connectivity index (χ2v) is 21.6. The highest BCUT2D eigenvalue weighted by Gasteiger charge is 2.33. The Morgan fingerprint density at radius 2 is 0.656 bits per heavy atom. The predicted molar refractivity (Wildman–Crippen MR) is 334 cm³/mol. The summed E-state index contributed by atoms with van der Waals surface area (Å²) in [5.41, 5.74) is 8.20. The molecule has 24 nitrogen and oxygen atoms in total. The highest BCUT2D eigenvalue weighted by Crippen LogP contribution is 2.39. The van der Waals surface area contributed by atoms with Crippen molar-refractivity contribution in [3.63, 3.8) is 0 Å². The Morgan fingerprint density at radius 3 is 0.900 bits per heavy atom. The average Bonchev–Trinajstić information content (AvgIpc) is 1.75. The number of aliphatic imine (C=N–C) groups is 4. The van der Waals surface area contributed by atoms with Crippen LogP contribution in [0.25, 0.3) is 22.3 Å². The molecule has 6 aliphatic rings. The molecule has 0 radical (unpaired) electrons. The van der Waals surface area contributed by atoms with E-state index in [4.69, 9.17) is 20.0 Å². The molecule has 0 saturated carbocycles. The molecule has 8 bridgehead atoms. The van der Waals surface area contributed by atoms with E-state index in [-0.39, 0.29) is 81.2 Å². The van der Waals surface area contributed by atoms with Crippen LogP contribution in [0.2, 0.25) is 0 Å². The minimum absolute atomic E-state index is 0.0190. The molecule has 24 heteroatoms. The van der Waals surface area contributed by atoms with E-state index >= 15 is 4.79 Å². The Bertz CT molecular complexity index is 3960. The van der Waals surface area contributed by atoms with E-state index in [1.807, 2.05) is 0 Å². The van der Waals surface area contributed by atoms with Gasteiger partial charge in [-0.2, -0.15) is 0 Å². The minimum atomic E-state index is -1.13. The zero-order chi connectivity index (χ0) is 63.9. The minimum Gasteiger partial charge on any atom is -0.480 e. The van der Waals surface area contributed by atoms with Crippen molar-refractivity contribution < 1.29 is 69.0 Å². The molecule has 4 aromatic rings. The van der Waals surface area contributed by atoms with Gasteiger partial charge in [-0.3, -0.25) is 38.7 Å². The summed E-state index contributed by atoms with van der Waals surface area (Å²) in [6, 6.07) is 25.5. The SMILES string of the molecule is CC(=O)NC(C)N(C(=O)c1ccc(C2=C3C=CC(=N3)C(c3ccc(C(=O)O)cc3)=C3C=CC(=N3)C(c3ccc(C(=O)O)cc3)=C3C=CC(=N3)C(c3ccc(C(=O)O)cc3)=C3C=CC2=N3)cc1)N1CCN(CC(=O)O)CCN(CC(=O)O)CCN(CC(=O)O)CC1. The van der Waals surface area contributed by atoms with Gasteiger partial charge in [-0.15, -0.1) is 0 Å². The number of carboxylic acid groups (broad SMARTS) is 6. The van der Waals surface area contributed by atoms with Gasteiger partial charge in [0.1, 0.15) is 6.17 Å². The molecule has 1 saturated heterocycles. The van der Waals surface area contributed by atoms with Gasteiger partial charge in [-0.1, -0.05) is 48.5 Å². The number of carboxylic acids is 6. The van der Waals surface area contributed by atoms with Crippen LogP contribution in [0.15, 0.2) is 188 Å². The van der Waals surface area contributed by atoms with Crippen LogP contribution in [-0.4, -0.2) is 204 Å². The highest BCUT2D eigenvalue weighted by atomic mass is 16.4. The van der Waals surface area contributed by atoms with Gasteiger partial charge in [0.05, 0.1) is 82.0 Å². The first kappa shape index (κ1) is 62.1.